The first-order chi connectivity index (χ1) is 10.0. The summed E-state index contributed by atoms with van der Waals surface area (Å²) in [4.78, 5) is 22.7. The smallest absolute Gasteiger partial charge is 0.305 e. The Bertz CT molecular complexity index is 289. The van der Waals surface area contributed by atoms with Crippen LogP contribution in [0.25, 0.3) is 0 Å². The number of hydrogen-bond donors (Lipinski definition) is 2. The van der Waals surface area contributed by atoms with Crippen molar-refractivity contribution >= 4 is 11.9 Å². The largest absolute Gasteiger partial charge is 0.465 e. The lowest BCUT2D eigenvalue weighted by atomic mass is 9.99. The highest BCUT2D eigenvalue weighted by atomic mass is 16.5. The second kappa shape index (κ2) is 12.6. The van der Waals surface area contributed by atoms with E-state index in [9.17, 15) is 9.59 Å². The molecule has 5 heteroatoms. The molecular weight excluding hydrogens is 268 g/mol. The summed E-state index contributed by atoms with van der Waals surface area (Å²) in [5.74, 6) is -0.00964. The zero-order valence-corrected chi connectivity index (χ0v) is 13.8. The van der Waals surface area contributed by atoms with E-state index < -0.39 is 0 Å². The molecule has 0 saturated heterocycles. The van der Waals surface area contributed by atoms with Crippen molar-refractivity contribution in [3.8, 4) is 0 Å². The third-order valence-corrected chi connectivity index (χ3v) is 3.57. The number of carbonyl (C=O) groups is 2. The number of nitrogens with two attached hydrogens (primary N) is 1. The van der Waals surface area contributed by atoms with Crippen LogP contribution < -0.4 is 11.1 Å². The van der Waals surface area contributed by atoms with E-state index in [1.54, 1.807) is 0 Å². The molecule has 5 nitrogen and oxygen atoms in total. The third-order valence-electron chi connectivity index (χ3n) is 3.57. The van der Waals surface area contributed by atoms with Crippen molar-refractivity contribution < 1.29 is 14.3 Å². The average Bonchev–Trinajstić information content (AvgIpc) is 2.44. The number of nitrogens with one attached hydrogen (secondary N) is 1. The lowest BCUT2D eigenvalue weighted by Crippen LogP contribution is -2.41. The van der Waals surface area contributed by atoms with Crippen LogP contribution in [0.2, 0.25) is 0 Å². The molecule has 0 aromatic carbocycles. The maximum absolute atomic E-state index is 11.7. The Morgan fingerprint density at radius 2 is 1.76 bits per heavy atom. The number of rotatable bonds is 13. The van der Waals surface area contributed by atoms with E-state index >= 15 is 0 Å². The van der Waals surface area contributed by atoms with Crippen LogP contribution in [0.3, 0.4) is 0 Å². The summed E-state index contributed by atoms with van der Waals surface area (Å²) < 4.78 is 5.33. The Balaban J connectivity index is 3.77. The van der Waals surface area contributed by atoms with Crippen molar-refractivity contribution in [2.75, 3.05) is 13.2 Å². The SMILES string of the molecule is CCCC(CCC)COC(=O)CCCNC(CC)C(N)=O. The molecule has 124 valence electrons. The van der Waals surface area contributed by atoms with Crippen LogP contribution in [0.4, 0.5) is 0 Å². The maximum Gasteiger partial charge on any atom is 0.305 e. The van der Waals surface area contributed by atoms with Crippen molar-refractivity contribution in [3.63, 3.8) is 0 Å². The van der Waals surface area contributed by atoms with E-state index in [1.807, 2.05) is 6.92 Å². The van der Waals surface area contributed by atoms with Crippen LogP contribution >= 0.6 is 0 Å². The highest BCUT2D eigenvalue weighted by Crippen LogP contribution is 2.14. The van der Waals surface area contributed by atoms with Crippen LogP contribution in [0.5, 0.6) is 0 Å². The van der Waals surface area contributed by atoms with E-state index in [-0.39, 0.29) is 17.9 Å². The van der Waals surface area contributed by atoms with Gasteiger partial charge in [-0.1, -0.05) is 33.6 Å². The van der Waals surface area contributed by atoms with E-state index in [4.69, 9.17) is 10.5 Å². The number of ether oxygens (including phenoxy) is 1. The molecule has 0 aliphatic carbocycles. The standard InChI is InChI=1S/C16H32N2O3/c1-4-8-13(9-5-2)12-21-15(19)10-7-11-18-14(6-3)16(17)20/h13-14,18H,4-12H2,1-3H3,(H2,17,20). The van der Waals surface area contributed by atoms with Crippen LogP contribution in [0.1, 0.15) is 65.7 Å². The summed E-state index contributed by atoms with van der Waals surface area (Å²) in [6.45, 7) is 7.34. The molecule has 0 bridgehead atoms. The van der Waals surface area contributed by atoms with Gasteiger partial charge in [0.15, 0.2) is 0 Å². The molecule has 0 heterocycles. The summed E-state index contributed by atoms with van der Waals surface area (Å²) in [5, 5.41) is 3.05. The minimum atomic E-state index is -0.345. The first-order valence-electron chi connectivity index (χ1n) is 8.23. The van der Waals surface area contributed by atoms with E-state index in [0.29, 0.717) is 38.3 Å². The van der Waals surface area contributed by atoms with Gasteiger partial charge < -0.3 is 15.8 Å². The molecule has 0 aromatic heterocycles. The van der Waals surface area contributed by atoms with E-state index in [0.717, 1.165) is 25.7 Å². The summed E-state index contributed by atoms with van der Waals surface area (Å²) in [7, 11) is 0. The number of hydrogen-bond acceptors (Lipinski definition) is 4. The number of primary amides is 1. The molecule has 1 amide bonds. The predicted molar refractivity (Wildman–Crippen MR) is 84.8 cm³/mol. The minimum Gasteiger partial charge on any atom is -0.465 e. The molecule has 0 aromatic rings. The Morgan fingerprint density at radius 1 is 1.14 bits per heavy atom. The molecule has 0 aliphatic rings. The Hall–Kier alpha value is -1.10. The summed E-state index contributed by atoms with van der Waals surface area (Å²) >= 11 is 0. The van der Waals surface area contributed by atoms with Crippen LogP contribution in [0.15, 0.2) is 0 Å². The molecule has 0 spiro atoms. The second-order valence-corrected chi connectivity index (χ2v) is 5.55. The van der Waals surface area contributed by atoms with Gasteiger partial charge in [-0.25, -0.2) is 0 Å². The highest BCUT2D eigenvalue weighted by molar-refractivity contribution is 5.79. The maximum atomic E-state index is 11.7. The number of amides is 1. The molecular formula is C16H32N2O3. The second-order valence-electron chi connectivity index (χ2n) is 5.55. The quantitative estimate of drug-likeness (QED) is 0.404. The van der Waals surface area contributed by atoms with Crippen molar-refractivity contribution in [2.45, 2.75) is 71.8 Å². The lowest BCUT2D eigenvalue weighted by Gasteiger charge is -2.15. The fourth-order valence-electron chi connectivity index (χ4n) is 2.37. The van der Waals surface area contributed by atoms with Gasteiger partial charge in [0.1, 0.15) is 0 Å². The molecule has 3 N–H and O–H groups in total. The molecule has 0 fully saturated rings. The van der Waals surface area contributed by atoms with Crippen molar-refractivity contribution in [3.05, 3.63) is 0 Å². The lowest BCUT2D eigenvalue weighted by molar-refractivity contribution is -0.145. The Kier molecular flexibility index (Phi) is 12.0. The van der Waals surface area contributed by atoms with Crippen molar-refractivity contribution in [1.29, 1.82) is 0 Å². The van der Waals surface area contributed by atoms with Crippen LogP contribution in [0, 0.1) is 5.92 Å². The van der Waals surface area contributed by atoms with Gasteiger partial charge in [-0.05, 0) is 38.1 Å². The summed E-state index contributed by atoms with van der Waals surface area (Å²) in [6.07, 6.45) is 6.17. The molecule has 0 saturated carbocycles. The van der Waals surface area contributed by atoms with Gasteiger partial charge in [0.25, 0.3) is 0 Å². The van der Waals surface area contributed by atoms with Crippen molar-refractivity contribution in [2.24, 2.45) is 11.7 Å². The third kappa shape index (κ3) is 10.3. The molecule has 0 radical (unpaired) electrons. The molecule has 1 unspecified atom stereocenters. The van der Waals surface area contributed by atoms with Gasteiger partial charge in [-0.15, -0.1) is 0 Å². The average molecular weight is 300 g/mol. The van der Waals surface area contributed by atoms with Gasteiger partial charge in [0.05, 0.1) is 12.6 Å². The normalized spacial score (nSPS) is 12.4. The van der Waals surface area contributed by atoms with Gasteiger partial charge in [-0.3, -0.25) is 9.59 Å². The number of carbonyl (C=O) groups excluding carboxylic acids is 2. The first kappa shape index (κ1) is 19.9. The molecule has 1 atom stereocenters. The van der Waals surface area contributed by atoms with Crippen LogP contribution in [-0.4, -0.2) is 31.1 Å². The van der Waals surface area contributed by atoms with Crippen LogP contribution in [-0.2, 0) is 14.3 Å². The number of esters is 1. The van der Waals surface area contributed by atoms with Gasteiger partial charge in [0.2, 0.25) is 5.91 Å². The summed E-state index contributed by atoms with van der Waals surface area (Å²) in [6, 6.07) is -0.306. The Morgan fingerprint density at radius 3 is 2.24 bits per heavy atom. The van der Waals surface area contributed by atoms with Gasteiger partial charge >= 0.3 is 5.97 Å². The monoisotopic (exact) mass is 300 g/mol. The van der Waals surface area contributed by atoms with Crippen molar-refractivity contribution in [1.82, 2.24) is 5.32 Å². The Labute approximate surface area is 129 Å². The molecule has 0 rings (SSSR count). The van der Waals surface area contributed by atoms with E-state index in [2.05, 4.69) is 19.2 Å². The van der Waals surface area contributed by atoms with Gasteiger partial charge in [-0.2, -0.15) is 0 Å². The fourth-order valence-corrected chi connectivity index (χ4v) is 2.37. The highest BCUT2D eigenvalue weighted by Gasteiger charge is 2.13. The minimum absolute atomic E-state index is 0.152. The van der Waals surface area contributed by atoms with Gasteiger partial charge in [0, 0.05) is 6.42 Å². The topological polar surface area (TPSA) is 81.4 Å². The van der Waals surface area contributed by atoms with E-state index in [1.165, 1.54) is 0 Å². The zero-order valence-electron chi connectivity index (χ0n) is 13.8. The summed E-state index contributed by atoms with van der Waals surface area (Å²) in [5.41, 5.74) is 5.23. The first-order valence-corrected chi connectivity index (χ1v) is 8.23. The zero-order chi connectivity index (χ0) is 16.1. The molecule has 21 heavy (non-hydrogen) atoms. The molecule has 0 aliphatic heterocycles. The fraction of sp³-hybridized carbons (Fsp3) is 0.875. The predicted octanol–water partition coefficient (Wildman–Crippen LogP) is 2.38.